The van der Waals surface area contributed by atoms with E-state index in [4.69, 9.17) is 0 Å². The Morgan fingerprint density at radius 3 is 2.77 bits per heavy atom. The van der Waals surface area contributed by atoms with E-state index in [1.54, 1.807) is 36.4 Å². The summed E-state index contributed by atoms with van der Waals surface area (Å²) in [6, 6.07) is 4.86. The number of phenolic OH excluding ortho intramolecular Hbond substituents is 1. The van der Waals surface area contributed by atoms with Crippen LogP contribution < -0.4 is 10.9 Å². The number of carbonyl (C=O) groups excluding carboxylic acids is 1. The molecule has 2 aromatic rings. The van der Waals surface area contributed by atoms with Gasteiger partial charge in [0.25, 0.3) is 5.91 Å². The number of amides is 1. The van der Waals surface area contributed by atoms with Crippen LogP contribution in [0, 0.1) is 5.41 Å². The molecule has 1 saturated heterocycles. The molecule has 0 radical (unpaired) electrons. The number of tetrazole rings is 1. The Kier molecular flexibility index (Phi) is 8.29. The maximum Gasteiger partial charge on any atom is 0.290 e. The van der Waals surface area contributed by atoms with Gasteiger partial charge >= 0.3 is 0 Å². The van der Waals surface area contributed by atoms with E-state index < -0.39 is 0 Å². The number of hydrogen-bond acceptors (Lipinski definition) is 8. The van der Waals surface area contributed by atoms with Gasteiger partial charge in [-0.2, -0.15) is 10.3 Å². The summed E-state index contributed by atoms with van der Waals surface area (Å²) in [6.45, 7) is 18.3. The number of nitrogens with one attached hydrogen (secondary N) is 3. The number of anilines is 1. The van der Waals surface area contributed by atoms with E-state index in [2.05, 4.69) is 70.5 Å². The molecule has 1 unspecified atom stereocenters. The minimum absolute atomic E-state index is 0.0270. The molecule has 1 aromatic carbocycles. The van der Waals surface area contributed by atoms with Crippen molar-refractivity contribution in [1.82, 2.24) is 31.1 Å². The van der Waals surface area contributed by atoms with Crippen LogP contribution in [0.25, 0.3) is 11.1 Å². The van der Waals surface area contributed by atoms with Gasteiger partial charge in [-0.1, -0.05) is 62.9 Å². The van der Waals surface area contributed by atoms with Crippen LogP contribution in [0.2, 0.25) is 0 Å². The topological polar surface area (TPSA) is 131 Å². The van der Waals surface area contributed by atoms with Crippen LogP contribution in [0.15, 0.2) is 83.7 Å². The first kappa shape index (κ1) is 28.4. The lowest BCUT2D eigenvalue weighted by molar-refractivity contribution is -0.122. The van der Waals surface area contributed by atoms with Crippen molar-refractivity contribution in [2.24, 2.45) is 10.5 Å². The average Bonchev–Trinajstić information content (AvgIpc) is 3.62. The molecule has 1 fully saturated rings. The molecule has 2 aliphatic rings. The molecule has 4 N–H and O–H groups in total. The van der Waals surface area contributed by atoms with Gasteiger partial charge in [0.15, 0.2) is 5.82 Å². The second-order valence-corrected chi connectivity index (χ2v) is 10.6. The van der Waals surface area contributed by atoms with Crippen LogP contribution in [0.4, 0.5) is 5.69 Å². The zero-order chi connectivity index (χ0) is 29.0. The van der Waals surface area contributed by atoms with E-state index >= 15 is 0 Å². The van der Waals surface area contributed by atoms with Crippen LogP contribution in [0.3, 0.4) is 0 Å². The summed E-state index contributed by atoms with van der Waals surface area (Å²) in [5.74, 6) is 0.185. The smallest absolute Gasteiger partial charge is 0.290 e. The van der Waals surface area contributed by atoms with Gasteiger partial charge < -0.3 is 5.11 Å². The van der Waals surface area contributed by atoms with Crippen LogP contribution >= 0.6 is 0 Å². The maximum absolute atomic E-state index is 13.4. The fourth-order valence-electron chi connectivity index (χ4n) is 4.79. The zero-order valence-corrected chi connectivity index (χ0v) is 23.6. The van der Waals surface area contributed by atoms with Crippen molar-refractivity contribution < 1.29 is 9.90 Å². The van der Waals surface area contributed by atoms with Crippen molar-refractivity contribution in [3.8, 4) is 5.75 Å². The fraction of sp³-hybridized carbons (Fsp3) is 0.300. The first-order valence-electron chi connectivity index (χ1n) is 13.1. The molecule has 10 nitrogen and oxygen atoms in total. The third kappa shape index (κ3) is 5.86. The Balaban J connectivity index is 1.50. The van der Waals surface area contributed by atoms with E-state index in [1.807, 2.05) is 26.0 Å². The van der Waals surface area contributed by atoms with Crippen molar-refractivity contribution in [2.75, 3.05) is 5.43 Å². The molecule has 1 atom stereocenters. The number of aromatic amines is 1. The summed E-state index contributed by atoms with van der Waals surface area (Å²) in [6.07, 6.45) is 11.2. The summed E-state index contributed by atoms with van der Waals surface area (Å²) in [4.78, 5) is 13.4. The van der Waals surface area contributed by atoms with Gasteiger partial charge in [-0.25, -0.2) is 10.4 Å². The molecule has 1 aromatic heterocycles. The van der Waals surface area contributed by atoms with Gasteiger partial charge in [0.1, 0.15) is 11.5 Å². The van der Waals surface area contributed by atoms with Gasteiger partial charge in [0, 0.05) is 5.56 Å². The van der Waals surface area contributed by atoms with E-state index in [0.29, 0.717) is 28.3 Å². The molecule has 208 valence electrons. The third-order valence-electron chi connectivity index (χ3n) is 7.25. The summed E-state index contributed by atoms with van der Waals surface area (Å²) in [5.41, 5.74) is 11.9. The van der Waals surface area contributed by atoms with Crippen molar-refractivity contribution in [1.29, 1.82) is 0 Å². The summed E-state index contributed by atoms with van der Waals surface area (Å²) < 4.78 is 0. The van der Waals surface area contributed by atoms with Gasteiger partial charge in [0.05, 0.1) is 17.4 Å². The minimum Gasteiger partial charge on any atom is -0.505 e. The Morgan fingerprint density at radius 2 is 2.12 bits per heavy atom. The number of hydrogen-bond donors (Lipinski definition) is 4. The van der Waals surface area contributed by atoms with Crippen molar-refractivity contribution in [2.45, 2.75) is 53.5 Å². The molecule has 1 amide bonds. The lowest BCUT2D eigenvalue weighted by Gasteiger charge is -2.23. The quantitative estimate of drug-likeness (QED) is 0.193. The standard InChI is InChI=1S/C30H36N8O2/c1-8-22(17-24-19(3)15-16-30(24,6)7)38-29(40)26(21(5)35-38)32-31-25-14-10-13-23(27(25)39)18(2)11-9-12-20(4)28-33-36-37-34-28/h8-14,17,21,31,35,39H,1-2,15-16H2,3-7H3,(H,33,34,36,37)/b11-9-,20-12+,22-17+,32-26-. The number of hydrazone groups is 1. The maximum atomic E-state index is 13.4. The summed E-state index contributed by atoms with van der Waals surface area (Å²) in [7, 11) is 0. The first-order valence-corrected chi connectivity index (χ1v) is 13.1. The fourth-order valence-corrected chi connectivity index (χ4v) is 4.79. The Bertz CT molecular complexity index is 1470. The number of benzene rings is 1. The van der Waals surface area contributed by atoms with Gasteiger partial charge in [-0.05, 0) is 79.2 Å². The van der Waals surface area contributed by atoms with Gasteiger partial charge in [-0.3, -0.25) is 10.2 Å². The largest absolute Gasteiger partial charge is 0.505 e. The monoisotopic (exact) mass is 540 g/mol. The van der Waals surface area contributed by atoms with Crippen molar-refractivity contribution >= 4 is 28.5 Å². The number of aromatic nitrogens is 4. The molecule has 40 heavy (non-hydrogen) atoms. The number of rotatable bonds is 9. The second-order valence-electron chi connectivity index (χ2n) is 10.6. The highest BCUT2D eigenvalue weighted by atomic mass is 16.3. The number of allylic oxidation sites excluding steroid dienone is 9. The number of para-hydroxylation sites is 1. The van der Waals surface area contributed by atoms with Crippen LogP contribution in [-0.4, -0.2) is 48.4 Å². The van der Waals surface area contributed by atoms with E-state index in [1.165, 1.54) is 16.2 Å². The molecular formula is C30H36N8O2. The number of H-pyrrole nitrogens is 1. The van der Waals surface area contributed by atoms with Crippen molar-refractivity contribution in [3.63, 3.8) is 0 Å². The lowest BCUT2D eigenvalue weighted by Crippen LogP contribution is -2.35. The summed E-state index contributed by atoms with van der Waals surface area (Å²) in [5, 5.41) is 30.6. The summed E-state index contributed by atoms with van der Waals surface area (Å²) >= 11 is 0. The van der Waals surface area contributed by atoms with E-state index in [9.17, 15) is 9.90 Å². The van der Waals surface area contributed by atoms with Gasteiger partial charge in [0.2, 0.25) is 0 Å². The van der Waals surface area contributed by atoms with Crippen LogP contribution in [0.1, 0.15) is 58.8 Å². The first-order chi connectivity index (χ1) is 19.0. The molecule has 0 spiro atoms. The molecule has 10 heteroatoms. The second kappa shape index (κ2) is 11.7. The Hall–Kier alpha value is -4.57. The van der Waals surface area contributed by atoms with Crippen LogP contribution in [-0.2, 0) is 4.79 Å². The van der Waals surface area contributed by atoms with E-state index in [0.717, 1.165) is 18.4 Å². The number of hydrazine groups is 1. The number of aromatic hydroxyl groups is 1. The molecule has 0 saturated carbocycles. The lowest BCUT2D eigenvalue weighted by atomic mass is 9.85. The van der Waals surface area contributed by atoms with E-state index in [-0.39, 0.29) is 28.8 Å². The number of nitrogens with zero attached hydrogens (tertiary/aromatic N) is 5. The van der Waals surface area contributed by atoms with Crippen LogP contribution in [0.5, 0.6) is 5.75 Å². The predicted octanol–water partition coefficient (Wildman–Crippen LogP) is 5.29. The third-order valence-corrected chi connectivity index (χ3v) is 7.25. The molecule has 0 bridgehead atoms. The average molecular weight is 541 g/mol. The van der Waals surface area contributed by atoms with Gasteiger partial charge in [-0.15, -0.1) is 10.2 Å². The minimum atomic E-state index is -0.354. The highest BCUT2D eigenvalue weighted by molar-refractivity contribution is 6.42. The molecule has 1 aliphatic carbocycles. The Morgan fingerprint density at radius 1 is 1.35 bits per heavy atom. The highest BCUT2D eigenvalue weighted by Crippen LogP contribution is 2.43. The highest BCUT2D eigenvalue weighted by Gasteiger charge is 2.37. The normalized spacial score (nSPS) is 20.7. The van der Waals surface area contributed by atoms with Crippen molar-refractivity contribution in [3.05, 3.63) is 90.0 Å². The number of phenols is 1. The molecular weight excluding hydrogens is 504 g/mol. The Labute approximate surface area is 234 Å². The zero-order valence-electron chi connectivity index (χ0n) is 23.6. The molecule has 2 heterocycles. The molecule has 4 rings (SSSR count). The SMILES string of the molecule is C=C/C(=C\C1=C(C)CCC1(C)C)N1NC(C)/C(=N/Nc2cccc(C(=C)/C=C\C=C(/C)c3nn[nH]n3)c2O)C1=O. The molecule has 1 aliphatic heterocycles. The predicted molar refractivity (Wildman–Crippen MR) is 159 cm³/mol. The number of carbonyl (C=O) groups is 1.